The molecule has 0 bridgehead atoms. The van der Waals surface area contributed by atoms with Crippen LogP contribution in [0.5, 0.6) is 0 Å². The van der Waals surface area contributed by atoms with E-state index in [0.717, 1.165) is 16.8 Å². The van der Waals surface area contributed by atoms with Crippen molar-refractivity contribution in [3.8, 4) is 0 Å². The molecule has 0 fully saturated rings. The maximum atomic E-state index is 12.2. The molecule has 7 nitrogen and oxygen atoms in total. The van der Waals surface area contributed by atoms with Gasteiger partial charge in [0, 0.05) is 24.8 Å². The number of carbonyl (C=O) groups excluding carboxylic acids is 2. The Balaban J connectivity index is 1.60. The molecule has 0 atom stereocenters. The highest BCUT2D eigenvalue weighted by Crippen LogP contribution is 2.18. The van der Waals surface area contributed by atoms with Crippen LogP contribution in [0.1, 0.15) is 28.5 Å². The summed E-state index contributed by atoms with van der Waals surface area (Å²) in [5.41, 5.74) is 3.84. The Labute approximate surface area is 163 Å². The number of benzene rings is 2. The van der Waals surface area contributed by atoms with Crippen LogP contribution in [-0.4, -0.2) is 22.0 Å². The second-order valence-corrected chi connectivity index (χ2v) is 6.36. The minimum Gasteiger partial charge on any atom is -0.347 e. The van der Waals surface area contributed by atoms with Crippen molar-refractivity contribution in [1.82, 2.24) is 15.5 Å². The fourth-order valence-electron chi connectivity index (χ4n) is 2.64. The molecule has 0 spiro atoms. The first-order valence-corrected chi connectivity index (χ1v) is 8.82. The molecule has 0 aliphatic carbocycles. The molecule has 0 radical (unpaired) electrons. The predicted molar refractivity (Wildman–Crippen MR) is 108 cm³/mol. The number of nitrogens with one attached hydrogen (secondary N) is 3. The Hall–Kier alpha value is -3.74. The van der Waals surface area contributed by atoms with Crippen molar-refractivity contribution in [1.29, 1.82) is 0 Å². The van der Waals surface area contributed by atoms with Gasteiger partial charge in [-0.3, -0.25) is 9.59 Å². The number of rotatable bonds is 6. The smallest absolute Gasteiger partial charge is 0.272 e. The minimum atomic E-state index is -0.284. The van der Waals surface area contributed by atoms with Crippen molar-refractivity contribution in [2.45, 2.75) is 20.4 Å². The molecule has 3 rings (SSSR count). The Morgan fingerprint density at radius 2 is 1.71 bits per heavy atom. The summed E-state index contributed by atoms with van der Waals surface area (Å²) in [5.74, 6) is 0.0707. The van der Waals surface area contributed by atoms with Gasteiger partial charge in [-0.15, -0.1) is 10.2 Å². The van der Waals surface area contributed by atoms with Gasteiger partial charge >= 0.3 is 0 Å². The maximum absolute atomic E-state index is 12.2. The molecule has 1 aromatic heterocycles. The largest absolute Gasteiger partial charge is 0.347 e. The maximum Gasteiger partial charge on any atom is 0.272 e. The highest BCUT2D eigenvalue weighted by atomic mass is 16.2. The van der Waals surface area contributed by atoms with Crippen molar-refractivity contribution >= 4 is 29.0 Å². The molecule has 0 aliphatic rings. The topological polar surface area (TPSA) is 96.0 Å². The molecule has 0 unspecified atom stereocenters. The van der Waals surface area contributed by atoms with E-state index in [1.165, 1.54) is 6.92 Å². The van der Waals surface area contributed by atoms with E-state index < -0.39 is 0 Å². The number of hydrogen-bond acceptors (Lipinski definition) is 5. The van der Waals surface area contributed by atoms with Crippen LogP contribution in [0.4, 0.5) is 17.2 Å². The first-order chi connectivity index (χ1) is 13.5. The fourth-order valence-corrected chi connectivity index (χ4v) is 2.64. The van der Waals surface area contributed by atoms with Crippen molar-refractivity contribution < 1.29 is 9.59 Å². The number of aryl methyl sites for hydroxylation is 1. The van der Waals surface area contributed by atoms with Crippen LogP contribution in [0.3, 0.4) is 0 Å². The molecule has 142 valence electrons. The average molecular weight is 375 g/mol. The van der Waals surface area contributed by atoms with Crippen LogP contribution < -0.4 is 16.0 Å². The van der Waals surface area contributed by atoms with Crippen LogP contribution in [0, 0.1) is 6.92 Å². The second kappa shape index (κ2) is 8.77. The molecular formula is C21H21N5O2. The Morgan fingerprint density at radius 3 is 2.43 bits per heavy atom. The molecule has 7 heteroatoms. The average Bonchev–Trinajstić information content (AvgIpc) is 2.66. The molecule has 0 saturated carbocycles. The lowest BCUT2D eigenvalue weighted by Crippen LogP contribution is -2.24. The summed E-state index contributed by atoms with van der Waals surface area (Å²) in [4.78, 5) is 23.4. The molecule has 0 saturated heterocycles. The zero-order chi connectivity index (χ0) is 19.9. The number of nitrogens with zero attached hydrogens (tertiary/aromatic N) is 2. The van der Waals surface area contributed by atoms with Gasteiger partial charge in [0.1, 0.15) is 0 Å². The Morgan fingerprint density at radius 1 is 0.929 bits per heavy atom. The quantitative estimate of drug-likeness (QED) is 0.613. The lowest BCUT2D eigenvalue weighted by Gasteiger charge is -2.08. The van der Waals surface area contributed by atoms with E-state index in [4.69, 9.17) is 0 Å². The third-order valence-corrected chi connectivity index (χ3v) is 3.89. The van der Waals surface area contributed by atoms with Gasteiger partial charge in [0.2, 0.25) is 5.91 Å². The molecule has 0 aliphatic heterocycles. The first kappa shape index (κ1) is 19.0. The highest BCUT2D eigenvalue weighted by Gasteiger charge is 2.08. The van der Waals surface area contributed by atoms with Crippen LogP contribution in [0.25, 0.3) is 0 Å². The number of carbonyl (C=O) groups is 2. The van der Waals surface area contributed by atoms with Crippen molar-refractivity contribution in [2.24, 2.45) is 0 Å². The van der Waals surface area contributed by atoms with Gasteiger partial charge < -0.3 is 16.0 Å². The van der Waals surface area contributed by atoms with Gasteiger partial charge in [-0.05, 0) is 42.8 Å². The van der Waals surface area contributed by atoms with E-state index in [-0.39, 0.29) is 17.5 Å². The van der Waals surface area contributed by atoms with Gasteiger partial charge in [-0.1, -0.05) is 35.9 Å². The fraction of sp³-hybridized carbons (Fsp3) is 0.143. The summed E-state index contributed by atoms with van der Waals surface area (Å²) in [7, 11) is 0. The number of aromatic nitrogens is 2. The summed E-state index contributed by atoms with van der Waals surface area (Å²) >= 11 is 0. The Kier molecular flexibility index (Phi) is 5.96. The zero-order valence-electron chi connectivity index (χ0n) is 15.7. The summed E-state index contributed by atoms with van der Waals surface area (Å²) in [6.07, 6.45) is 0. The van der Waals surface area contributed by atoms with Gasteiger partial charge in [-0.25, -0.2) is 0 Å². The number of hydrogen-bond donors (Lipinski definition) is 3. The Bertz CT molecular complexity index is 986. The van der Waals surface area contributed by atoms with E-state index in [2.05, 4.69) is 26.1 Å². The van der Waals surface area contributed by atoms with Gasteiger partial charge in [-0.2, -0.15) is 0 Å². The molecule has 3 aromatic rings. The van der Waals surface area contributed by atoms with Gasteiger partial charge in [0.05, 0.1) is 0 Å². The molecule has 2 aromatic carbocycles. The molecule has 28 heavy (non-hydrogen) atoms. The zero-order valence-corrected chi connectivity index (χ0v) is 15.7. The third kappa shape index (κ3) is 5.38. The first-order valence-electron chi connectivity index (χ1n) is 8.82. The summed E-state index contributed by atoms with van der Waals surface area (Å²) in [5, 5.41) is 16.7. The van der Waals surface area contributed by atoms with E-state index in [1.807, 2.05) is 43.3 Å². The van der Waals surface area contributed by atoms with E-state index in [1.54, 1.807) is 24.3 Å². The van der Waals surface area contributed by atoms with Gasteiger partial charge in [0.15, 0.2) is 11.5 Å². The standard InChI is InChI=1S/C21H21N5O2/c1-14-5-3-6-16(11-14)13-22-21(28)19-9-10-20(26-25-19)24-18-8-4-7-17(12-18)23-15(2)27/h3-12H,13H2,1-2H3,(H,22,28)(H,23,27)(H,24,26). The lowest BCUT2D eigenvalue weighted by atomic mass is 10.1. The van der Waals surface area contributed by atoms with Crippen LogP contribution in [0.2, 0.25) is 0 Å². The number of amides is 2. The van der Waals surface area contributed by atoms with Crippen molar-refractivity contribution in [2.75, 3.05) is 10.6 Å². The molecule has 2 amide bonds. The molecule has 3 N–H and O–H groups in total. The summed E-state index contributed by atoms with van der Waals surface area (Å²) in [6, 6.07) is 18.5. The van der Waals surface area contributed by atoms with Crippen LogP contribution in [-0.2, 0) is 11.3 Å². The minimum absolute atomic E-state index is 0.141. The van der Waals surface area contributed by atoms with Gasteiger partial charge in [0.25, 0.3) is 5.91 Å². The summed E-state index contributed by atoms with van der Waals surface area (Å²) in [6.45, 7) is 3.89. The van der Waals surface area contributed by atoms with Crippen molar-refractivity contribution in [3.63, 3.8) is 0 Å². The van der Waals surface area contributed by atoms with E-state index in [0.29, 0.717) is 18.1 Å². The van der Waals surface area contributed by atoms with Crippen molar-refractivity contribution in [3.05, 3.63) is 77.5 Å². The molecule has 1 heterocycles. The predicted octanol–water partition coefficient (Wildman–Crippen LogP) is 3.42. The number of anilines is 3. The second-order valence-electron chi connectivity index (χ2n) is 6.36. The SMILES string of the molecule is CC(=O)Nc1cccc(Nc2ccc(C(=O)NCc3cccc(C)c3)nn2)c1. The summed E-state index contributed by atoms with van der Waals surface area (Å²) < 4.78 is 0. The van der Waals surface area contributed by atoms with E-state index in [9.17, 15) is 9.59 Å². The normalized spacial score (nSPS) is 10.2. The molecular weight excluding hydrogens is 354 g/mol. The van der Waals surface area contributed by atoms with E-state index >= 15 is 0 Å². The third-order valence-electron chi connectivity index (χ3n) is 3.89. The lowest BCUT2D eigenvalue weighted by molar-refractivity contribution is -0.114. The highest BCUT2D eigenvalue weighted by molar-refractivity contribution is 5.92. The monoisotopic (exact) mass is 375 g/mol. The van der Waals surface area contributed by atoms with Crippen LogP contribution >= 0.6 is 0 Å². The van der Waals surface area contributed by atoms with Crippen LogP contribution in [0.15, 0.2) is 60.7 Å².